The van der Waals surface area contributed by atoms with Crippen molar-refractivity contribution in [2.24, 2.45) is 0 Å². The average Bonchev–Trinajstić information content (AvgIpc) is 3.46. The van der Waals surface area contributed by atoms with Gasteiger partial charge in [0, 0.05) is 37.1 Å². The molecule has 1 N–H and O–H groups in total. The lowest BCUT2D eigenvalue weighted by Gasteiger charge is -2.25. The summed E-state index contributed by atoms with van der Waals surface area (Å²) in [5.74, 6) is 1.34. The quantitative estimate of drug-likeness (QED) is 0.553. The monoisotopic (exact) mass is 414 g/mol. The molecule has 1 aliphatic heterocycles. The average molecular weight is 414 g/mol. The van der Waals surface area contributed by atoms with E-state index >= 15 is 0 Å². The largest absolute Gasteiger partial charge is 0.434 e. The minimum atomic E-state index is -4.55. The molecule has 5 rings (SSSR count). The number of alkyl halides is 3. The van der Waals surface area contributed by atoms with Crippen molar-refractivity contribution in [3.05, 3.63) is 54.5 Å². The van der Waals surface area contributed by atoms with Gasteiger partial charge in [-0.3, -0.25) is 9.50 Å². The van der Waals surface area contributed by atoms with Gasteiger partial charge in [-0.05, 0) is 25.0 Å². The van der Waals surface area contributed by atoms with Crippen LogP contribution in [0.2, 0.25) is 0 Å². The Morgan fingerprint density at radius 1 is 1.13 bits per heavy atom. The van der Waals surface area contributed by atoms with Crippen LogP contribution in [-0.2, 0) is 6.18 Å². The Kier molecular flexibility index (Phi) is 4.19. The maximum Gasteiger partial charge on any atom is 0.434 e. The third-order valence-corrected chi connectivity index (χ3v) is 5.55. The molecule has 0 aliphatic carbocycles. The van der Waals surface area contributed by atoms with E-state index in [1.807, 2.05) is 18.5 Å². The summed E-state index contributed by atoms with van der Waals surface area (Å²) in [4.78, 5) is 18.7. The van der Waals surface area contributed by atoms with E-state index in [1.54, 1.807) is 6.20 Å². The molecule has 8 nitrogen and oxygen atoms in total. The highest BCUT2D eigenvalue weighted by atomic mass is 19.4. The first-order chi connectivity index (χ1) is 14.4. The zero-order chi connectivity index (χ0) is 20.9. The Bertz CT molecular complexity index is 1180. The van der Waals surface area contributed by atoms with Crippen molar-refractivity contribution in [2.45, 2.75) is 31.5 Å². The molecule has 5 heterocycles. The molecule has 30 heavy (non-hydrogen) atoms. The fourth-order valence-electron chi connectivity index (χ4n) is 4.01. The van der Waals surface area contributed by atoms with Gasteiger partial charge in [-0.2, -0.15) is 18.3 Å². The van der Waals surface area contributed by atoms with Crippen molar-refractivity contribution in [3.63, 3.8) is 0 Å². The van der Waals surface area contributed by atoms with E-state index in [2.05, 4.69) is 42.0 Å². The molecule has 0 amide bonds. The number of anilines is 1. The Balaban J connectivity index is 1.50. The SMILES string of the molecule is CC1C(c2cn[nH]c2)CCN1c1ccnc(-c2cnc3cnc(C(F)(F)F)cn23)n1. The van der Waals surface area contributed by atoms with Crippen LogP contribution in [0, 0.1) is 0 Å². The van der Waals surface area contributed by atoms with Gasteiger partial charge in [-0.1, -0.05) is 0 Å². The second-order valence-electron chi connectivity index (χ2n) is 7.24. The highest BCUT2D eigenvalue weighted by molar-refractivity contribution is 5.58. The van der Waals surface area contributed by atoms with Crippen LogP contribution in [0.5, 0.6) is 0 Å². The summed E-state index contributed by atoms with van der Waals surface area (Å²) >= 11 is 0. The van der Waals surface area contributed by atoms with Crippen LogP contribution in [0.1, 0.15) is 30.5 Å². The van der Waals surface area contributed by atoms with E-state index in [0.717, 1.165) is 36.7 Å². The number of aromatic nitrogens is 7. The summed E-state index contributed by atoms with van der Waals surface area (Å²) in [6, 6.07) is 2.00. The third kappa shape index (κ3) is 3.06. The summed E-state index contributed by atoms with van der Waals surface area (Å²) in [5, 5.41) is 6.89. The van der Waals surface area contributed by atoms with Crippen LogP contribution < -0.4 is 4.90 Å². The zero-order valence-corrected chi connectivity index (χ0v) is 15.9. The molecule has 1 saturated heterocycles. The van der Waals surface area contributed by atoms with Gasteiger partial charge in [0.05, 0.1) is 18.6 Å². The Morgan fingerprint density at radius 3 is 2.77 bits per heavy atom. The minimum absolute atomic E-state index is 0.188. The first-order valence-corrected chi connectivity index (χ1v) is 9.41. The Labute approximate surface area is 168 Å². The highest BCUT2D eigenvalue weighted by Gasteiger charge is 2.34. The van der Waals surface area contributed by atoms with Gasteiger partial charge in [0.15, 0.2) is 17.2 Å². The topological polar surface area (TPSA) is 87.9 Å². The van der Waals surface area contributed by atoms with Gasteiger partial charge in [-0.15, -0.1) is 0 Å². The van der Waals surface area contributed by atoms with Crippen LogP contribution in [0.3, 0.4) is 0 Å². The van der Waals surface area contributed by atoms with Gasteiger partial charge in [-0.25, -0.2) is 19.9 Å². The number of nitrogens with zero attached hydrogens (tertiary/aromatic N) is 7. The number of aromatic amines is 1. The predicted octanol–water partition coefficient (Wildman–Crippen LogP) is 3.31. The lowest BCUT2D eigenvalue weighted by atomic mass is 9.95. The molecule has 4 aromatic rings. The Hall–Kier alpha value is -3.50. The number of H-pyrrole nitrogens is 1. The fraction of sp³-hybridized carbons (Fsp3) is 0.316. The van der Waals surface area contributed by atoms with Gasteiger partial charge in [0.2, 0.25) is 0 Å². The molecule has 2 atom stereocenters. The molecule has 0 aromatic carbocycles. The molecule has 1 fully saturated rings. The van der Waals surface area contributed by atoms with E-state index in [-0.39, 0.29) is 6.04 Å². The summed E-state index contributed by atoms with van der Waals surface area (Å²) in [6.45, 7) is 2.94. The predicted molar refractivity (Wildman–Crippen MR) is 102 cm³/mol. The van der Waals surface area contributed by atoms with Gasteiger partial charge >= 0.3 is 6.18 Å². The van der Waals surface area contributed by atoms with Crippen LogP contribution in [-0.4, -0.2) is 47.1 Å². The number of hydrogen-bond acceptors (Lipinski definition) is 6. The van der Waals surface area contributed by atoms with Crippen LogP contribution in [0.15, 0.2) is 43.2 Å². The van der Waals surface area contributed by atoms with Crippen molar-refractivity contribution < 1.29 is 13.2 Å². The number of rotatable bonds is 3. The summed E-state index contributed by atoms with van der Waals surface area (Å²) in [6.07, 6.45) is 5.22. The van der Waals surface area contributed by atoms with Gasteiger partial charge in [0.25, 0.3) is 0 Å². The molecule has 1 aliphatic rings. The smallest absolute Gasteiger partial charge is 0.353 e. The number of fused-ring (bicyclic) bond motifs is 1. The third-order valence-electron chi connectivity index (χ3n) is 5.55. The number of halogens is 3. The van der Waals surface area contributed by atoms with Crippen molar-refractivity contribution in [1.82, 2.24) is 34.5 Å². The molecule has 0 bridgehead atoms. The molecule has 11 heteroatoms. The summed E-state index contributed by atoms with van der Waals surface area (Å²) < 4.78 is 40.6. The van der Waals surface area contributed by atoms with Crippen molar-refractivity contribution in [1.29, 1.82) is 0 Å². The first kappa shape index (κ1) is 18.5. The minimum Gasteiger partial charge on any atom is -0.353 e. The highest BCUT2D eigenvalue weighted by Crippen LogP contribution is 2.35. The lowest BCUT2D eigenvalue weighted by molar-refractivity contribution is -0.141. The molecule has 154 valence electrons. The standard InChI is InChI=1S/C19H17F3N8/c1-11-13(12-6-26-27-7-12)3-5-29(11)16-2-4-23-18(28-16)14-8-25-17-9-24-15(10-30(14)17)19(20,21)22/h2,4,6-11,13H,3,5H2,1H3,(H,26,27). The van der Waals surface area contributed by atoms with Crippen molar-refractivity contribution >= 4 is 11.5 Å². The number of nitrogens with one attached hydrogen (secondary N) is 1. The first-order valence-electron chi connectivity index (χ1n) is 9.41. The Morgan fingerprint density at radius 2 is 2.00 bits per heavy atom. The normalized spacial score (nSPS) is 19.7. The van der Waals surface area contributed by atoms with Crippen LogP contribution in [0.4, 0.5) is 19.0 Å². The maximum absolute atomic E-state index is 13.1. The number of hydrogen-bond donors (Lipinski definition) is 1. The number of imidazole rings is 1. The van der Waals surface area contributed by atoms with E-state index in [1.165, 1.54) is 10.6 Å². The molecule has 4 aromatic heterocycles. The van der Waals surface area contributed by atoms with Crippen molar-refractivity contribution in [2.75, 3.05) is 11.4 Å². The van der Waals surface area contributed by atoms with Gasteiger partial charge < -0.3 is 4.90 Å². The molecule has 2 unspecified atom stereocenters. The van der Waals surface area contributed by atoms with E-state index in [9.17, 15) is 13.2 Å². The molecule has 0 spiro atoms. The molecule has 0 saturated carbocycles. The summed E-state index contributed by atoms with van der Waals surface area (Å²) in [5.41, 5.74) is 0.814. The molecule has 0 radical (unpaired) electrons. The maximum atomic E-state index is 13.1. The second-order valence-corrected chi connectivity index (χ2v) is 7.24. The van der Waals surface area contributed by atoms with E-state index in [4.69, 9.17) is 0 Å². The summed E-state index contributed by atoms with van der Waals surface area (Å²) in [7, 11) is 0. The molecular formula is C19H17F3N8. The molecular weight excluding hydrogens is 397 g/mol. The van der Waals surface area contributed by atoms with E-state index < -0.39 is 11.9 Å². The van der Waals surface area contributed by atoms with Gasteiger partial charge in [0.1, 0.15) is 11.5 Å². The van der Waals surface area contributed by atoms with Crippen LogP contribution >= 0.6 is 0 Å². The van der Waals surface area contributed by atoms with Crippen LogP contribution in [0.25, 0.3) is 17.2 Å². The van der Waals surface area contributed by atoms with Crippen molar-refractivity contribution in [3.8, 4) is 11.5 Å². The van der Waals surface area contributed by atoms with E-state index in [0.29, 0.717) is 23.1 Å². The zero-order valence-electron chi connectivity index (χ0n) is 15.9. The fourth-order valence-corrected chi connectivity index (χ4v) is 4.01. The lowest BCUT2D eigenvalue weighted by Crippen LogP contribution is -2.30. The second kappa shape index (κ2) is 6.78.